The molecule has 0 unspecified atom stereocenters. The van der Waals surface area contributed by atoms with Gasteiger partial charge in [-0.2, -0.15) is 10.5 Å². The van der Waals surface area contributed by atoms with Crippen molar-refractivity contribution in [1.29, 1.82) is 10.5 Å². The molecule has 1 aromatic carbocycles. The number of benzene rings is 1. The predicted molar refractivity (Wildman–Crippen MR) is 101 cm³/mol. The first-order valence-electron chi connectivity index (χ1n) is 8.80. The normalized spacial score (nSPS) is 18.8. The minimum atomic E-state index is 0.0152. The molecule has 27 heavy (non-hydrogen) atoms. The van der Waals surface area contributed by atoms with E-state index in [1.54, 1.807) is 0 Å². The quantitative estimate of drug-likeness (QED) is 0.692. The molecule has 1 aliphatic carbocycles. The van der Waals surface area contributed by atoms with E-state index in [0.717, 1.165) is 16.8 Å². The van der Waals surface area contributed by atoms with Gasteiger partial charge in [-0.1, -0.05) is 35.9 Å². The van der Waals surface area contributed by atoms with Crippen molar-refractivity contribution < 1.29 is 14.2 Å². The summed E-state index contributed by atoms with van der Waals surface area (Å²) in [6.07, 6.45) is 0. The Morgan fingerprint density at radius 3 is 1.93 bits per heavy atom. The van der Waals surface area contributed by atoms with Crippen molar-refractivity contribution in [1.82, 2.24) is 4.90 Å². The lowest BCUT2D eigenvalue weighted by molar-refractivity contribution is 0.000586. The van der Waals surface area contributed by atoms with Gasteiger partial charge in [0.25, 0.3) is 0 Å². The third-order valence-electron chi connectivity index (χ3n) is 4.42. The molecule has 0 atom stereocenters. The molecular formula is C20H20ClN3O3. The molecule has 0 bridgehead atoms. The molecule has 140 valence electrons. The van der Waals surface area contributed by atoms with Gasteiger partial charge >= 0.3 is 0 Å². The van der Waals surface area contributed by atoms with Gasteiger partial charge in [0.2, 0.25) is 0 Å². The van der Waals surface area contributed by atoms with Gasteiger partial charge in [-0.3, -0.25) is 0 Å². The van der Waals surface area contributed by atoms with E-state index in [9.17, 15) is 10.5 Å². The molecule has 1 fully saturated rings. The Morgan fingerprint density at radius 1 is 0.852 bits per heavy atom. The maximum atomic E-state index is 9.36. The maximum Gasteiger partial charge on any atom is 0.139 e. The van der Waals surface area contributed by atoms with Crippen LogP contribution in [-0.2, 0) is 14.2 Å². The summed E-state index contributed by atoms with van der Waals surface area (Å²) in [6, 6.07) is 11.6. The lowest BCUT2D eigenvalue weighted by Crippen LogP contribution is -2.31. The fourth-order valence-electron chi connectivity index (χ4n) is 3.18. The first-order chi connectivity index (χ1) is 13.3. The van der Waals surface area contributed by atoms with E-state index in [2.05, 4.69) is 4.90 Å². The molecule has 0 saturated carbocycles. The Labute approximate surface area is 163 Å². The van der Waals surface area contributed by atoms with E-state index < -0.39 is 0 Å². The molecule has 0 spiro atoms. The van der Waals surface area contributed by atoms with Crippen molar-refractivity contribution in [2.45, 2.75) is 0 Å². The van der Waals surface area contributed by atoms with Crippen LogP contribution < -0.4 is 0 Å². The Hall–Kier alpha value is -2.35. The summed E-state index contributed by atoms with van der Waals surface area (Å²) < 4.78 is 16.7. The van der Waals surface area contributed by atoms with E-state index >= 15 is 0 Å². The molecule has 0 N–H and O–H groups in total. The van der Waals surface area contributed by atoms with Crippen molar-refractivity contribution in [2.24, 2.45) is 0 Å². The molecule has 0 amide bonds. The SMILES string of the molecule is N#CC(C#N)=C1C(Cl)=C(N2CCOCCOCCOCC2)c2ccccc21. The van der Waals surface area contributed by atoms with Gasteiger partial charge in [-0.15, -0.1) is 0 Å². The van der Waals surface area contributed by atoms with Gasteiger partial charge in [0, 0.05) is 24.2 Å². The van der Waals surface area contributed by atoms with Crippen LogP contribution in [0.2, 0.25) is 0 Å². The molecule has 0 aromatic heterocycles. The van der Waals surface area contributed by atoms with Crippen LogP contribution >= 0.6 is 11.6 Å². The molecule has 1 saturated heterocycles. The summed E-state index contributed by atoms with van der Waals surface area (Å²) >= 11 is 6.70. The lowest BCUT2D eigenvalue weighted by atomic mass is 10.0. The van der Waals surface area contributed by atoms with Crippen LogP contribution in [0.1, 0.15) is 11.1 Å². The zero-order valence-electron chi connectivity index (χ0n) is 14.9. The molecule has 3 rings (SSSR count). The Bertz CT molecular complexity index is 808. The van der Waals surface area contributed by atoms with Crippen LogP contribution in [0, 0.1) is 22.7 Å². The summed E-state index contributed by atoms with van der Waals surface area (Å²) in [4.78, 5) is 2.10. The molecule has 1 aliphatic heterocycles. The number of nitriles is 2. The van der Waals surface area contributed by atoms with Gasteiger partial charge in [0.15, 0.2) is 0 Å². The van der Waals surface area contributed by atoms with Crippen LogP contribution in [-0.4, -0.2) is 57.6 Å². The van der Waals surface area contributed by atoms with E-state index in [1.807, 2.05) is 36.4 Å². The van der Waals surface area contributed by atoms with E-state index in [4.69, 9.17) is 25.8 Å². The van der Waals surface area contributed by atoms with Gasteiger partial charge < -0.3 is 19.1 Å². The number of hydrogen-bond acceptors (Lipinski definition) is 6. The standard InChI is InChI=1S/C20H20ClN3O3/c21-19-18(15(13-22)14-23)16-3-1-2-4-17(16)20(19)24-5-7-25-9-11-27-12-10-26-8-6-24/h1-4H,5-12H2. The number of halogens is 1. The average Bonchev–Trinajstić information content (AvgIpc) is 2.96. The Balaban J connectivity index is 1.97. The Kier molecular flexibility index (Phi) is 6.86. The van der Waals surface area contributed by atoms with E-state index in [0.29, 0.717) is 63.3 Å². The third-order valence-corrected chi connectivity index (χ3v) is 4.79. The van der Waals surface area contributed by atoms with Crippen molar-refractivity contribution in [3.8, 4) is 12.1 Å². The summed E-state index contributed by atoms with van der Waals surface area (Å²) in [5.74, 6) is 0. The highest BCUT2D eigenvalue weighted by Gasteiger charge is 2.31. The minimum Gasteiger partial charge on any atom is -0.377 e. The first kappa shape index (κ1) is 19.4. The van der Waals surface area contributed by atoms with Gasteiger partial charge in [-0.05, 0) is 5.56 Å². The number of rotatable bonds is 1. The van der Waals surface area contributed by atoms with E-state index in [1.165, 1.54) is 0 Å². The van der Waals surface area contributed by atoms with Crippen LogP contribution in [0.15, 0.2) is 34.9 Å². The molecule has 7 heteroatoms. The fourth-order valence-corrected chi connectivity index (χ4v) is 3.60. The van der Waals surface area contributed by atoms with Gasteiger partial charge in [0.1, 0.15) is 17.7 Å². The van der Waals surface area contributed by atoms with Crippen molar-refractivity contribution in [2.75, 3.05) is 52.7 Å². The van der Waals surface area contributed by atoms with Crippen LogP contribution in [0.5, 0.6) is 0 Å². The van der Waals surface area contributed by atoms with E-state index in [-0.39, 0.29) is 5.57 Å². The molecule has 1 aromatic rings. The highest BCUT2D eigenvalue weighted by atomic mass is 35.5. The predicted octanol–water partition coefficient (Wildman–Crippen LogP) is 2.77. The number of ether oxygens (including phenoxy) is 3. The van der Waals surface area contributed by atoms with Crippen LogP contribution in [0.4, 0.5) is 0 Å². The zero-order valence-corrected chi connectivity index (χ0v) is 15.7. The summed E-state index contributed by atoms with van der Waals surface area (Å²) in [5, 5.41) is 19.1. The summed E-state index contributed by atoms with van der Waals surface area (Å²) in [7, 11) is 0. The number of fused-ring (bicyclic) bond motifs is 1. The largest absolute Gasteiger partial charge is 0.377 e. The molecule has 0 radical (unpaired) electrons. The minimum absolute atomic E-state index is 0.0152. The van der Waals surface area contributed by atoms with Crippen molar-refractivity contribution in [3.63, 3.8) is 0 Å². The first-order valence-corrected chi connectivity index (χ1v) is 9.18. The fraction of sp³-hybridized carbons (Fsp3) is 0.400. The number of nitrogens with zero attached hydrogens (tertiary/aromatic N) is 3. The zero-order chi connectivity index (χ0) is 19.1. The van der Waals surface area contributed by atoms with Crippen LogP contribution in [0.3, 0.4) is 0 Å². The average molecular weight is 386 g/mol. The second-order valence-electron chi connectivity index (χ2n) is 6.01. The second kappa shape index (κ2) is 9.55. The molecular weight excluding hydrogens is 366 g/mol. The lowest BCUT2D eigenvalue weighted by Gasteiger charge is -2.27. The molecule has 1 heterocycles. The maximum absolute atomic E-state index is 9.36. The number of hydrogen-bond donors (Lipinski definition) is 0. The third kappa shape index (κ3) is 4.32. The summed E-state index contributed by atoms with van der Waals surface area (Å²) in [6.45, 7) is 4.39. The summed E-state index contributed by atoms with van der Waals surface area (Å²) in [5.41, 5.74) is 3.04. The number of allylic oxidation sites excluding steroid dienone is 3. The highest BCUT2D eigenvalue weighted by Crippen LogP contribution is 2.46. The van der Waals surface area contributed by atoms with Gasteiger partial charge in [-0.25, -0.2) is 0 Å². The monoisotopic (exact) mass is 385 g/mol. The highest BCUT2D eigenvalue weighted by molar-refractivity contribution is 6.42. The van der Waals surface area contributed by atoms with Gasteiger partial charge in [0.05, 0.1) is 50.4 Å². The van der Waals surface area contributed by atoms with Crippen molar-refractivity contribution >= 4 is 22.9 Å². The second-order valence-corrected chi connectivity index (χ2v) is 6.38. The molecule has 6 nitrogen and oxygen atoms in total. The van der Waals surface area contributed by atoms with Crippen LogP contribution in [0.25, 0.3) is 11.3 Å². The van der Waals surface area contributed by atoms with Crippen molar-refractivity contribution in [3.05, 3.63) is 46.0 Å². The Morgan fingerprint density at radius 2 is 1.37 bits per heavy atom. The smallest absolute Gasteiger partial charge is 0.139 e. The topological polar surface area (TPSA) is 78.5 Å². The molecule has 2 aliphatic rings.